The van der Waals surface area contributed by atoms with Crippen molar-refractivity contribution in [3.63, 3.8) is 0 Å². The van der Waals surface area contributed by atoms with Gasteiger partial charge in [-0.1, -0.05) is 6.07 Å². The number of amides is 1. The highest BCUT2D eigenvalue weighted by Gasteiger charge is 2.13. The molecule has 1 amide bonds. The molecule has 0 spiro atoms. The standard InChI is InChI=1S/C9H11ClN2O3S/c1-6-7(9(11)13)3-2-4-8(6)12-16(14,15)5-10/h2-4,12H,5H2,1H3,(H2,11,13). The van der Waals surface area contributed by atoms with Crippen molar-refractivity contribution in [1.82, 2.24) is 0 Å². The van der Waals surface area contributed by atoms with E-state index in [1.54, 1.807) is 13.0 Å². The number of rotatable bonds is 4. The molecule has 1 rings (SSSR count). The van der Waals surface area contributed by atoms with Crippen LogP contribution in [-0.4, -0.2) is 19.5 Å². The Morgan fingerprint density at radius 3 is 2.62 bits per heavy atom. The fourth-order valence-electron chi connectivity index (χ4n) is 1.21. The van der Waals surface area contributed by atoms with Crippen LogP contribution in [0.5, 0.6) is 0 Å². The number of primary amides is 1. The first-order valence-corrected chi connectivity index (χ1v) is 6.52. The molecule has 0 bridgehead atoms. The van der Waals surface area contributed by atoms with Gasteiger partial charge in [0.2, 0.25) is 15.9 Å². The van der Waals surface area contributed by atoms with Crippen molar-refractivity contribution in [3.05, 3.63) is 29.3 Å². The predicted molar refractivity (Wildman–Crippen MR) is 63.0 cm³/mol. The van der Waals surface area contributed by atoms with Crippen molar-refractivity contribution in [3.8, 4) is 0 Å². The summed E-state index contributed by atoms with van der Waals surface area (Å²) in [7, 11) is -3.57. The third kappa shape index (κ3) is 2.86. The van der Waals surface area contributed by atoms with Gasteiger partial charge in [0.05, 0.1) is 5.69 Å². The molecule has 0 radical (unpaired) electrons. The summed E-state index contributed by atoms with van der Waals surface area (Å²) in [5.74, 6) is -0.607. The molecule has 1 aromatic rings. The molecule has 5 nitrogen and oxygen atoms in total. The molecule has 3 N–H and O–H groups in total. The first-order valence-electron chi connectivity index (χ1n) is 4.33. The summed E-state index contributed by atoms with van der Waals surface area (Å²) in [5, 5.41) is -0.548. The molecule has 16 heavy (non-hydrogen) atoms. The summed E-state index contributed by atoms with van der Waals surface area (Å²) in [4.78, 5) is 11.0. The Hall–Kier alpha value is -1.27. The largest absolute Gasteiger partial charge is 0.366 e. The second-order valence-corrected chi connectivity index (χ2v) is 5.47. The Kier molecular flexibility index (Phi) is 3.77. The lowest BCUT2D eigenvalue weighted by Crippen LogP contribution is -2.17. The Morgan fingerprint density at radius 1 is 1.50 bits per heavy atom. The number of carbonyl (C=O) groups excluding carboxylic acids is 1. The highest BCUT2D eigenvalue weighted by atomic mass is 35.5. The fourth-order valence-corrected chi connectivity index (χ4v) is 1.98. The van der Waals surface area contributed by atoms with Gasteiger partial charge in [-0.3, -0.25) is 9.52 Å². The summed E-state index contributed by atoms with van der Waals surface area (Å²) < 4.78 is 24.7. The summed E-state index contributed by atoms with van der Waals surface area (Å²) >= 11 is 5.26. The van der Waals surface area contributed by atoms with Crippen LogP contribution < -0.4 is 10.5 Å². The Bertz CT molecular complexity index is 513. The van der Waals surface area contributed by atoms with E-state index in [1.165, 1.54) is 12.1 Å². The van der Waals surface area contributed by atoms with Crippen molar-refractivity contribution in [2.24, 2.45) is 5.73 Å². The van der Waals surface area contributed by atoms with Gasteiger partial charge in [0.1, 0.15) is 5.21 Å². The topological polar surface area (TPSA) is 89.3 Å². The molecule has 7 heteroatoms. The summed E-state index contributed by atoms with van der Waals surface area (Å²) in [6.07, 6.45) is 0. The van der Waals surface area contributed by atoms with Crippen molar-refractivity contribution >= 4 is 33.2 Å². The molecule has 0 atom stereocenters. The Labute approximate surface area is 98.6 Å². The quantitative estimate of drug-likeness (QED) is 0.795. The van der Waals surface area contributed by atoms with Crippen LogP contribution in [0.25, 0.3) is 0 Å². The van der Waals surface area contributed by atoms with Crippen molar-refractivity contribution in [2.45, 2.75) is 6.92 Å². The van der Waals surface area contributed by atoms with Gasteiger partial charge in [0, 0.05) is 5.56 Å². The normalized spacial score (nSPS) is 11.1. The van der Waals surface area contributed by atoms with E-state index < -0.39 is 21.1 Å². The third-order valence-electron chi connectivity index (χ3n) is 2.01. The fraction of sp³-hybridized carbons (Fsp3) is 0.222. The van der Waals surface area contributed by atoms with Crippen LogP contribution >= 0.6 is 11.6 Å². The minimum atomic E-state index is -3.57. The number of nitrogens with two attached hydrogens (primary N) is 1. The van der Waals surface area contributed by atoms with E-state index in [2.05, 4.69) is 4.72 Å². The van der Waals surface area contributed by atoms with E-state index in [9.17, 15) is 13.2 Å². The van der Waals surface area contributed by atoms with Gasteiger partial charge in [-0.25, -0.2) is 8.42 Å². The lowest BCUT2D eigenvalue weighted by molar-refractivity contribution is 0.0999. The van der Waals surface area contributed by atoms with E-state index in [0.717, 1.165) is 0 Å². The third-order valence-corrected chi connectivity index (χ3v) is 3.69. The van der Waals surface area contributed by atoms with Crippen LogP contribution in [0.4, 0.5) is 5.69 Å². The maximum absolute atomic E-state index is 11.2. The molecule has 88 valence electrons. The number of alkyl halides is 1. The maximum Gasteiger partial charge on any atom is 0.249 e. The molecule has 0 fully saturated rings. The van der Waals surface area contributed by atoms with Crippen LogP contribution in [0.1, 0.15) is 15.9 Å². The van der Waals surface area contributed by atoms with E-state index in [0.29, 0.717) is 11.3 Å². The maximum atomic E-state index is 11.2. The first kappa shape index (κ1) is 12.8. The molecule has 1 aromatic carbocycles. The number of hydrogen-bond acceptors (Lipinski definition) is 3. The van der Waals surface area contributed by atoms with Crippen LogP contribution in [0, 0.1) is 6.92 Å². The van der Waals surface area contributed by atoms with E-state index in [-0.39, 0.29) is 5.56 Å². The van der Waals surface area contributed by atoms with Crippen LogP contribution in [0.3, 0.4) is 0 Å². The van der Waals surface area contributed by atoms with E-state index >= 15 is 0 Å². The zero-order chi connectivity index (χ0) is 12.3. The van der Waals surface area contributed by atoms with Crippen molar-refractivity contribution in [1.29, 1.82) is 0 Å². The Balaban J connectivity index is 3.17. The van der Waals surface area contributed by atoms with Gasteiger partial charge >= 0.3 is 0 Å². The van der Waals surface area contributed by atoms with Gasteiger partial charge in [0.25, 0.3) is 0 Å². The zero-order valence-corrected chi connectivity index (χ0v) is 10.1. The molecule has 0 aliphatic rings. The average molecular weight is 263 g/mol. The molecule has 0 saturated heterocycles. The highest BCUT2D eigenvalue weighted by molar-refractivity contribution is 7.93. The van der Waals surface area contributed by atoms with Gasteiger partial charge in [0.15, 0.2) is 0 Å². The van der Waals surface area contributed by atoms with Gasteiger partial charge in [-0.2, -0.15) is 0 Å². The minimum absolute atomic E-state index is 0.273. The number of nitrogens with one attached hydrogen (secondary N) is 1. The van der Waals surface area contributed by atoms with Crippen molar-refractivity contribution in [2.75, 3.05) is 9.93 Å². The number of sulfonamides is 1. The van der Waals surface area contributed by atoms with Gasteiger partial charge < -0.3 is 5.73 Å². The number of carbonyl (C=O) groups is 1. The number of halogens is 1. The second-order valence-electron chi connectivity index (χ2n) is 3.17. The van der Waals surface area contributed by atoms with Crippen LogP contribution in [0.2, 0.25) is 0 Å². The van der Waals surface area contributed by atoms with E-state index in [4.69, 9.17) is 17.3 Å². The predicted octanol–water partition coefficient (Wildman–Crippen LogP) is 1.03. The zero-order valence-electron chi connectivity index (χ0n) is 8.53. The summed E-state index contributed by atoms with van der Waals surface area (Å²) in [6, 6.07) is 4.60. The molecular weight excluding hydrogens is 252 g/mol. The smallest absolute Gasteiger partial charge is 0.249 e. The molecule has 0 heterocycles. The first-order chi connectivity index (χ1) is 7.37. The number of hydrogen-bond donors (Lipinski definition) is 2. The second kappa shape index (κ2) is 4.71. The van der Waals surface area contributed by atoms with E-state index in [1.807, 2.05) is 0 Å². The molecule has 0 aliphatic heterocycles. The lowest BCUT2D eigenvalue weighted by Gasteiger charge is -2.10. The van der Waals surface area contributed by atoms with Crippen molar-refractivity contribution < 1.29 is 13.2 Å². The average Bonchev–Trinajstić information content (AvgIpc) is 2.20. The van der Waals surface area contributed by atoms with Crippen LogP contribution in [0.15, 0.2) is 18.2 Å². The molecule has 0 saturated carbocycles. The summed E-state index contributed by atoms with van der Waals surface area (Å²) in [6.45, 7) is 1.60. The van der Waals surface area contributed by atoms with Gasteiger partial charge in [-0.15, -0.1) is 11.6 Å². The molecular formula is C9H11ClN2O3S. The number of anilines is 1. The number of benzene rings is 1. The monoisotopic (exact) mass is 262 g/mol. The van der Waals surface area contributed by atoms with Gasteiger partial charge in [-0.05, 0) is 24.6 Å². The molecule has 0 unspecified atom stereocenters. The summed E-state index contributed by atoms with van der Waals surface area (Å²) in [5.41, 5.74) is 6.19. The minimum Gasteiger partial charge on any atom is -0.366 e. The highest BCUT2D eigenvalue weighted by Crippen LogP contribution is 2.19. The Morgan fingerprint density at radius 2 is 2.12 bits per heavy atom. The molecule has 0 aliphatic carbocycles. The van der Waals surface area contributed by atoms with Crippen LogP contribution in [-0.2, 0) is 10.0 Å². The SMILES string of the molecule is Cc1c(NS(=O)(=O)CCl)cccc1C(N)=O. The molecule has 0 aromatic heterocycles. The lowest BCUT2D eigenvalue weighted by atomic mass is 10.1.